The van der Waals surface area contributed by atoms with Crippen LogP contribution in [-0.2, 0) is 4.79 Å². The smallest absolute Gasteiger partial charge is 0.267 e. The molecule has 0 bridgehead atoms. The molecule has 7 heteroatoms. The predicted molar refractivity (Wildman–Crippen MR) is 105 cm³/mol. The number of hydrogen-bond acceptors (Lipinski definition) is 6. The summed E-state index contributed by atoms with van der Waals surface area (Å²) in [5.41, 5.74) is 1.10. The number of fused-ring (bicyclic) bond motifs is 1. The molecule has 1 aromatic heterocycles. The summed E-state index contributed by atoms with van der Waals surface area (Å²) in [5, 5.41) is 12.5. The lowest BCUT2D eigenvalue weighted by Crippen LogP contribution is -2.37. The summed E-state index contributed by atoms with van der Waals surface area (Å²) in [6, 6.07) is 14.6. The van der Waals surface area contributed by atoms with Gasteiger partial charge >= 0.3 is 0 Å². The fourth-order valence-electron chi connectivity index (χ4n) is 2.61. The summed E-state index contributed by atoms with van der Waals surface area (Å²) in [4.78, 5) is 17.3. The Bertz CT molecular complexity index is 1010. The molecule has 1 amide bonds. The molecule has 0 aliphatic carbocycles. The number of anilines is 1. The van der Waals surface area contributed by atoms with Crippen molar-refractivity contribution in [3.05, 3.63) is 48.0 Å². The van der Waals surface area contributed by atoms with Gasteiger partial charge in [-0.15, -0.1) is 0 Å². The van der Waals surface area contributed by atoms with Gasteiger partial charge in [0.15, 0.2) is 11.2 Å². The SMILES string of the molecule is COc1cccc2sc(NC(=O)C(Oc3ccccc3C#N)C(C)C)nc12. The van der Waals surface area contributed by atoms with E-state index in [1.807, 2.05) is 32.0 Å². The quantitative estimate of drug-likeness (QED) is 0.691. The van der Waals surface area contributed by atoms with Crippen molar-refractivity contribution >= 4 is 32.6 Å². The molecule has 27 heavy (non-hydrogen) atoms. The van der Waals surface area contributed by atoms with Gasteiger partial charge in [-0.3, -0.25) is 10.1 Å². The van der Waals surface area contributed by atoms with Crippen LogP contribution in [0.3, 0.4) is 0 Å². The van der Waals surface area contributed by atoms with E-state index in [0.717, 1.165) is 4.70 Å². The van der Waals surface area contributed by atoms with Crippen molar-refractivity contribution in [2.45, 2.75) is 20.0 Å². The van der Waals surface area contributed by atoms with E-state index in [-0.39, 0.29) is 11.8 Å². The maximum atomic E-state index is 12.8. The van der Waals surface area contributed by atoms with Gasteiger partial charge in [0.05, 0.1) is 17.4 Å². The monoisotopic (exact) mass is 381 g/mol. The van der Waals surface area contributed by atoms with Crippen molar-refractivity contribution < 1.29 is 14.3 Å². The highest BCUT2D eigenvalue weighted by molar-refractivity contribution is 7.22. The number of benzene rings is 2. The normalized spacial score (nSPS) is 11.8. The number of thiazole rings is 1. The van der Waals surface area contributed by atoms with Gasteiger partial charge in [-0.2, -0.15) is 5.26 Å². The van der Waals surface area contributed by atoms with Gasteiger partial charge in [-0.25, -0.2) is 4.98 Å². The molecule has 0 aliphatic heterocycles. The highest BCUT2D eigenvalue weighted by Gasteiger charge is 2.26. The standard InChI is InChI=1S/C20H19N3O3S/c1-12(2)18(26-14-8-5-4-7-13(14)11-21)19(24)23-20-22-17-15(25-3)9-6-10-16(17)27-20/h4-10,12,18H,1-3H3,(H,22,23,24). The van der Waals surface area contributed by atoms with Crippen LogP contribution in [-0.4, -0.2) is 24.1 Å². The fraction of sp³-hybridized carbons (Fsp3) is 0.250. The Morgan fingerprint density at radius 2 is 1.93 bits per heavy atom. The first kappa shape index (κ1) is 18.7. The molecule has 0 saturated carbocycles. The zero-order chi connectivity index (χ0) is 19.4. The molecule has 0 aliphatic rings. The Labute approximate surface area is 161 Å². The predicted octanol–water partition coefficient (Wildman–Crippen LogP) is 4.22. The van der Waals surface area contributed by atoms with Crippen LogP contribution >= 0.6 is 11.3 Å². The molecular formula is C20H19N3O3S. The van der Waals surface area contributed by atoms with Crippen LogP contribution in [0, 0.1) is 17.2 Å². The summed E-state index contributed by atoms with van der Waals surface area (Å²) in [5.74, 6) is 0.639. The molecule has 6 nitrogen and oxygen atoms in total. The highest BCUT2D eigenvalue weighted by atomic mass is 32.1. The second kappa shape index (κ2) is 8.06. The second-order valence-electron chi connectivity index (χ2n) is 6.21. The summed E-state index contributed by atoms with van der Waals surface area (Å²) in [6.07, 6.45) is -0.756. The molecule has 1 atom stereocenters. The average molecular weight is 381 g/mol. The molecule has 3 aromatic rings. The lowest BCUT2D eigenvalue weighted by molar-refractivity contribution is -0.124. The van der Waals surface area contributed by atoms with Crippen molar-refractivity contribution in [2.24, 2.45) is 5.92 Å². The van der Waals surface area contributed by atoms with Crippen LogP contribution in [0.5, 0.6) is 11.5 Å². The topological polar surface area (TPSA) is 84.2 Å². The third-order valence-electron chi connectivity index (χ3n) is 3.96. The lowest BCUT2D eigenvalue weighted by atomic mass is 10.1. The molecule has 1 unspecified atom stereocenters. The van der Waals surface area contributed by atoms with Gasteiger partial charge in [-0.05, 0) is 30.2 Å². The summed E-state index contributed by atoms with van der Waals surface area (Å²) in [6.45, 7) is 3.78. The van der Waals surface area contributed by atoms with Gasteiger partial charge in [0.1, 0.15) is 23.1 Å². The number of para-hydroxylation sites is 2. The minimum atomic E-state index is -0.756. The van der Waals surface area contributed by atoms with E-state index in [4.69, 9.17) is 9.47 Å². The Hall–Kier alpha value is -3.11. The minimum absolute atomic E-state index is 0.0966. The summed E-state index contributed by atoms with van der Waals surface area (Å²) in [7, 11) is 1.58. The first-order valence-electron chi connectivity index (χ1n) is 8.43. The number of hydrogen-bond donors (Lipinski definition) is 1. The van der Waals surface area contributed by atoms with Crippen molar-refractivity contribution in [1.29, 1.82) is 5.26 Å². The number of ether oxygens (including phenoxy) is 2. The van der Waals surface area contributed by atoms with Gasteiger partial charge in [0, 0.05) is 0 Å². The van der Waals surface area contributed by atoms with E-state index < -0.39 is 6.10 Å². The molecule has 0 saturated heterocycles. The average Bonchev–Trinajstić information content (AvgIpc) is 3.08. The molecule has 0 fully saturated rings. The molecule has 0 radical (unpaired) electrons. The van der Waals surface area contributed by atoms with E-state index in [1.165, 1.54) is 11.3 Å². The maximum Gasteiger partial charge on any atom is 0.267 e. The van der Waals surface area contributed by atoms with Crippen LogP contribution in [0.4, 0.5) is 5.13 Å². The van der Waals surface area contributed by atoms with Crippen LogP contribution in [0.2, 0.25) is 0 Å². The molecule has 138 valence electrons. The lowest BCUT2D eigenvalue weighted by Gasteiger charge is -2.21. The maximum absolute atomic E-state index is 12.8. The number of aromatic nitrogens is 1. The number of methoxy groups -OCH3 is 1. The Kier molecular flexibility index (Phi) is 5.57. The largest absolute Gasteiger partial charge is 0.494 e. The van der Waals surface area contributed by atoms with Crippen molar-refractivity contribution in [1.82, 2.24) is 4.98 Å². The Morgan fingerprint density at radius 3 is 2.63 bits per heavy atom. The van der Waals surface area contributed by atoms with Crippen LogP contribution in [0.15, 0.2) is 42.5 Å². The van der Waals surface area contributed by atoms with Crippen molar-refractivity contribution in [2.75, 3.05) is 12.4 Å². The molecule has 0 spiro atoms. The van der Waals surface area contributed by atoms with E-state index in [1.54, 1.807) is 31.4 Å². The van der Waals surface area contributed by atoms with Gasteiger partial charge in [-0.1, -0.05) is 43.4 Å². The van der Waals surface area contributed by atoms with Crippen LogP contribution < -0.4 is 14.8 Å². The Balaban J connectivity index is 1.83. The first-order valence-corrected chi connectivity index (χ1v) is 9.25. The molecular weight excluding hydrogens is 362 g/mol. The molecule has 1 N–H and O–H groups in total. The van der Waals surface area contributed by atoms with Gasteiger partial charge in [0.25, 0.3) is 5.91 Å². The number of nitrogens with one attached hydrogen (secondary N) is 1. The zero-order valence-electron chi connectivity index (χ0n) is 15.2. The number of rotatable bonds is 6. The molecule has 1 heterocycles. The highest BCUT2D eigenvalue weighted by Crippen LogP contribution is 2.32. The summed E-state index contributed by atoms with van der Waals surface area (Å²) < 4.78 is 12.1. The molecule has 3 rings (SSSR count). The number of amides is 1. The number of carbonyl (C=O) groups excluding carboxylic acids is 1. The van der Waals surface area contributed by atoms with E-state index in [2.05, 4.69) is 16.4 Å². The number of carbonyl (C=O) groups is 1. The fourth-order valence-corrected chi connectivity index (χ4v) is 3.50. The zero-order valence-corrected chi connectivity index (χ0v) is 16.0. The van der Waals surface area contributed by atoms with Gasteiger partial charge < -0.3 is 9.47 Å². The number of nitrogens with zero attached hydrogens (tertiary/aromatic N) is 2. The summed E-state index contributed by atoms with van der Waals surface area (Å²) >= 11 is 1.37. The molecule has 2 aromatic carbocycles. The van der Waals surface area contributed by atoms with E-state index >= 15 is 0 Å². The van der Waals surface area contributed by atoms with Crippen LogP contribution in [0.1, 0.15) is 19.4 Å². The van der Waals surface area contributed by atoms with Crippen molar-refractivity contribution in [3.8, 4) is 17.6 Å². The van der Waals surface area contributed by atoms with Crippen molar-refractivity contribution in [3.63, 3.8) is 0 Å². The second-order valence-corrected chi connectivity index (χ2v) is 7.24. The minimum Gasteiger partial charge on any atom is -0.494 e. The first-order chi connectivity index (χ1) is 13.0. The Morgan fingerprint density at radius 1 is 1.19 bits per heavy atom. The number of nitriles is 1. The third-order valence-corrected chi connectivity index (χ3v) is 4.89. The van der Waals surface area contributed by atoms with E-state index in [9.17, 15) is 10.1 Å². The third kappa shape index (κ3) is 4.01. The van der Waals surface area contributed by atoms with Gasteiger partial charge in [0.2, 0.25) is 0 Å². The van der Waals surface area contributed by atoms with Crippen LogP contribution in [0.25, 0.3) is 10.2 Å². The van der Waals surface area contributed by atoms with E-state index in [0.29, 0.717) is 27.7 Å².